The van der Waals surface area contributed by atoms with Gasteiger partial charge in [-0.15, -0.1) is 0 Å². The molecular formula is C17H19NO. The second-order valence-electron chi connectivity index (χ2n) is 5.59. The molecule has 0 spiro atoms. The second-order valence-corrected chi connectivity index (χ2v) is 5.59. The molecule has 2 aromatic rings. The van der Waals surface area contributed by atoms with Crippen molar-refractivity contribution in [3.63, 3.8) is 0 Å². The van der Waals surface area contributed by atoms with E-state index in [2.05, 4.69) is 30.1 Å². The number of nitrogens with zero attached hydrogens (tertiary/aromatic N) is 1. The van der Waals surface area contributed by atoms with Crippen molar-refractivity contribution >= 4 is 0 Å². The second kappa shape index (κ2) is 4.78. The van der Waals surface area contributed by atoms with Crippen LogP contribution >= 0.6 is 0 Å². The van der Waals surface area contributed by atoms with E-state index in [4.69, 9.17) is 0 Å². The highest BCUT2D eigenvalue weighted by atomic mass is 16.3. The predicted octanol–water partition coefficient (Wildman–Crippen LogP) is 3.41. The van der Waals surface area contributed by atoms with E-state index in [9.17, 15) is 5.11 Å². The summed E-state index contributed by atoms with van der Waals surface area (Å²) in [5.41, 5.74) is 2.81. The Bertz CT molecular complexity index is 566. The minimum atomic E-state index is -0.732. The molecule has 0 saturated heterocycles. The topological polar surface area (TPSA) is 33.1 Å². The van der Waals surface area contributed by atoms with Gasteiger partial charge in [-0.1, -0.05) is 31.2 Å². The molecule has 1 aliphatic rings. The zero-order valence-electron chi connectivity index (χ0n) is 11.2. The van der Waals surface area contributed by atoms with Crippen molar-refractivity contribution in [2.75, 3.05) is 0 Å². The number of rotatable bonds is 2. The summed E-state index contributed by atoms with van der Waals surface area (Å²) in [4.78, 5) is 4.04. The lowest BCUT2D eigenvalue weighted by molar-refractivity contribution is 0.0159. The number of hydrogen-bond acceptors (Lipinski definition) is 2. The summed E-state index contributed by atoms with van der Waals surface area (Å²) in [7, 11) is 0. The molecule has 2 atom stereocenters. The van der Waals surface area contributed by atoms with E-state index in [1.165, 1.54) is 5.56 Å². The van der Waals surface area contributed by atoms with Crippen LogP contribution in [0.15, 0.2) is 48.8 Å². The molecule has 98 valence electrons. The Morgan fingerprint density at radius 1 is 1.21 bits per heavy atom. The van der Waals surface area contributed by atoms with Gasteiger partial charge in [0.2, 0.25) is 0 Å². The summed E-state index contributed by atoms with van der Waals surface area (Å²) in [6, 6.07) is 12.3. The van der Waals surface area contributed by atoms with Gasteiger partial charge < -0.3 is 5.11 Å². The number of aliphatic hydroxyl groups is 1. The molecule has 0 fully saturated rings. The third-order valence-electron chi connectivity index (χ3n) is 4.23. The normalized spacial score (nSPS) is 25.9. The van der Waals surface area contributed by atoms with Crippen molar-refractivity contribution in [2.24, 2.45) is 0 Å². The maximum Gasteiger partial charge on any atom is 0.0939 e. The highest BCUT2D eigenvalue weighted by Crippen LogP contribution is 2.42. The maximum atomic E-state index is 11.1. The van der Waals surface area contributed by atoms with Crippen LogP contribution in [0, 0.1) is 0 Å². The molecule has 2 unspecified atom stereocenters. The van der Waals surface area contributed by atoms with Crippen LogP contribution in [0.2, 0.25) is 0 Å². The molecule has 1 aliphatic carbocycles. The Balaban J connectivity index is 1.99. The van der Waals surface area contributed by atoms with Gasteiger partial charge in [-0.05, 0) is 47.6 Å². The van der Waals surface area contributed by atoms with Gasteiger partial charge in [-0.25, -0.2) is 0 Å². The molecular weight excluding hydrogens is 234 g/mol. The van der Waals surface area contributed by atoms with Crippen LogP contribution in [0.3, 0.4) is 0 Å². The van der Waals surface area contributed by atoms with Crippen LogP contribution in [-0.2, 0) is 12.0 Å². The fourth-order valence-corrected chi connectivity index (χ4v) is 3.12. The number of hydrogen-bond donors (Lipinski definition) is 1. The smallest absolute Gasteiger partial charge is 0.0939 e. The van der Waals surface area contributed by atoms with Crippen LogP contribution in [0.1, 0.15) is 42.4 Å². The first-order valence-electron chi connectivity index (χ1n) is 6.90. The lowest BCUT2D eigenvalue weighted by Gasteiger charge is -2.37. The lowest BCUT2D eigenvalue weighted by Crippen LogP contribution is -2.33. The number of pyridine rings is 1. The summed E-state index contributed by atoms with van der Waals surface area (Å²) >= 11 is 0. The standard InChI is InChI=1S/C17H19NO/c1-13-6-9-17(19,12-14-7-10-18-11-8-14)16-5-3-2-4-15(13)16/h2-5,7-8,10-11,13,19H,6,9,12H2,1H3. The van der Waals surface area contributed by atoms with Crippen LogP contribution in [0.25, 0.3) is 0 Å². The molecule has 2 heteroatoms. The monoisotopic (exact) mass is 253 g/mol. The van der Waals surface area contributed by atoms with Gasteiger partial charge >= 0.3 is 0 Å². The Morgan fingerprint density at radius 2 is 1.95 bits per heavy atom. The third kappa shape index (κ3) is 2.28. The van der Waals surface area contributed by atoms with Crippen molar-refractivity contribution in [1.82, 2.24) is 4.98 Å². The van der Waals surface area contributed by atoms with E-state index in [0.717, 1.165) is 24.0 Å². The first kappa shape index (κ1) is 12.4. The van der Waals surface area contributed by atoms with Gasteiger partial charge in [-0.3, -0.25) is 4.98 Å². The van der Waals surface area contributed by atoms with Crippen molar-refractivity contribution in [3.8, 4) is 0 Å². The van der Waals surface area contributed by atoms with Gasteiger partial charge in [0, 0.05) is 18.8 Å². The molecule has 1 heterocycles. The van der Waals surface area contributed by atoms with Gasteiger partial charge in [0.1, 0.15) is 0 Å². The van der Waals surface area contributed by atoms with E-state index in [-0.39, 0.29) is 0 Å². The quantitative estimate of drug-likeness (QED) is 0.889. The Labute approximate surface area is 114 Å². The molecule has 0 aliphatic heterocycles. The summed E-state index contributed by atoms with van der Waals surface area (Å²) in [6.07, 6.45) is 6.11. The van der Waals surface area contributed by atoms with Crippen molar-refractivity contribution in [2.45, 2.75) is 37.7 Å². The highest BCUT2D eigenvalue weighted by Gasteiger charge is 2.36. The first-order valence-corrected chi connectivity index (χ1v) is 6.90. The molecule has 2 nitrogen and oxygen atoms in total. The maximum absolute atomic E-state index is 11.1. The number of benzene rings is 1. The lowest BCUT2D eigenvalue weighted by atomic mass is 9.72. The van der Waals surface area contributed by atoms with E-state index >= 15 is 0 Å². The molecule has 1 aromatic carbocycles. The largest absolute Gasteiger partial charge is 0.385 e. The Morgan fingerprint density at radius 3 is 2.74 bits per heavy atom. The summed E-state index contributed by atoms with van der Waals surface area (Å²) in [6.45, 7) is 2.24. The average molecular weight is 253 g/mol. The zero-order valence-corrected chi connectivity index (χ0v) is 11.2. The van der Waals surface area contributed by atoms with Gasteiger partial charge in [0.15, 0.2) is 0 Å². The van der Waals surface area contributed by atoms with Gasteiger partial charge in [0.05, 0.1) is 5.60 Å². The van der Waals surface area contributed by atoms with Crippen LogP contribution in [0.5, 0.6) is 0 Å². The third-order valence-corrected chi connectivity index (χ3v) is 4.23. The predicted molar refractivity (Wildman–Crippen MR) is 75.9 cm³/mol. The molecule has 19 heavy (non-hydrogen) atoms. The van der Waals surface area contributed by atoms with Crippen LogP contribution in [0.4, 0.5) is 0 Å². The molecule has 1 N–H and O–H groups in total. The van der Waals surface area contributed by atoms with E-state index < -0.39 is 5.60 Å². The van der Waals surface area contributed by atoms with E-state index in [0.29, 0.717) is 12.3 Å². The summed E-state index contributed by atoms with van der Waals surface area (Å²) < 4.78 is 0. The van der Waals surface area contributed by atoms with E-state index in [1.807, 2.05) is 18.2 Å². The van der Waals surface area contributed by atoms with Crippen molar-refractivity contribution in [1.29, 1.82) is 0 Å². The van der Waals surface area contributed by atoms with E-state index in [1.54, 1.807) is 12.4 Å². The van der Waals surface area contributed by atoms with Crippen LogP contribution in [-0.4, -0.2) is 10.1 Å². The fraction of sp³-hybridized carbons (Fsp3) is 0.353. The van der Waals surface area contributed by atoms with Crippen molar-refractivity contribution in [3.05, 3.63) is 65.5 Å². The average Bonchev–Trinajstić information content (AvgIpc) is 2.45. The molecule has 1 aromatic heterocycles. The fourth-order valence-electron chi connectivity index (χ4n) is 3.12. The summed E-state index contributed by atoms with van der Waals surface area (Å²) in [5.74, 6) is 0.536. The van der Waals surface area contributed by atoms with Crippen molar-refractivity contribution < 1.29 is 5.11 Å². The Kier molecular flexibility index (Phi) is 3.11. The molecule has 0 amide bonds. The number of fused-ring (bicyclic) bond motifs is 1. The number of aromatic nitrogens is 1. The van der Waals surface area contributed by atoms with Gasteiger partial charge in [-0.2, -0.15) is 0 Å². The molecule has 0 saturated carbocycles. The molecule has 0 radical (unpaired) electrons. The SMILES string of the molecule is CC1CCC(O)(Cc2ccncc2)c2ccccc21. The minimum absolute atomic E-state index is 0.536. The zero-order chi connectivity index (χ0) is 13.3. The first-order chi connectivity index (χ1) is 9.19. The highest BCUT2D eigenvalue weighted by molar-refractivity contribution is 5.38. The molecule has 3 rings (SSSR count). The Hall–Kier alpha value is -1.67. The molecule has 0 bridgehead atoms. The van der Waals surface area contributed by atoms with Crippen LogP contribution < -0.4 is 0 Å². The minimum Gasteiger partial charge on any atom is -0.385 e. The van der Waals surface area contributed by atoms with Gasteiger partial charge in [0.25, 0.3) is 0 Å². The summed E-state index contributed by atoms with van der Waals surface area (Å²) in [5, 5.41) is 11.1.